The van der Waals surface area contributed by atoms with Gasteiger partial charge in [-0.2, -0.15) is 0 Å². The number of carboxylic acid groups (broad SMARTS) is 1. The van der Waals surface area contributed by atoms with Crippen LogP contribution in [0.3, 0.4) is 0 Å². The Morgan fingerprint density at radius 2 is 2.03 bits per heavy atom. The average Bonchev–Trinajstić information content (AvgIpc) is 3.23. The molecule has 1 saturated heterocycles. The van der Waals surface area contributed by atoms with Gasteiger partial charge in [-0.25, -0.2) is 0 Å². The zero-order valence-corrected chi connectivity index (χ0v) is 21.5. The second-order valence-corrected chi connectivity index (χ2v) is 9.92. The van der Waals surface area contributed by atoms with Crippen LogP contribution in [0.1, 0.15) is 61.5 Å². The molecule has 0 aliphatic carbocycles. The van der Waals surface area contributed by atoms with E-state index >= 15 is 0 Å². The maximum atomic E-state index is 11.0. The number of aliphatic hydroxyl groups excluding tert-OH is 1. The van der Waals surface area contributed by atoms with Crippen molar-refractivity contribution >= 4 is 29.2 Å². The number of benzene rings is 2. The first-order valence-corrected chi connectivity index (χ1v) is 12.8. The molecule has 0 radical (unpaired) electrons. The van der Waals surface area contributed by atoms with E-state index in [1.807, 2.05) is 25.1 Å². The molecule has 2 N–H and O–H groups in total. The van der Waals surface area contributed by atoms with Crippen LogP contribution in [0, 0.1) is 0 Å². The van der Waals surface area contributed by atoms with E-state index in [2.05, 4.69) is 24.0 Å². The fraction of sp³-hybridized carbons (Fsp3) is 0.519. The normalized spacial score (nSPS) is 18.2. The van der Waals surface area contributed by atoms with Gasteiger partial charge in [-0.3, -0.25) is 9.69 Å². The number of aryl methyl sites for hydroxylation is 1. The van der Waals surface area contributed by atoms with E-state index in [-0.39, 0.29) is 19.1 Å². The Bertz CT molecular complexity index is 968. The highest BCUT2D eigenvalue weighted by Crippen LogP contribution is 2.29. The van der Waals surface area contributed by atoms with Crippen LogP contribution in [0.4, 0.5) is 0 Å². The van der Waals surface area contributed by atoms with E-state index in [0.29, 0.717) is 24.0 Å². The third-order valence-electron chi connectivity index (χ3n) is 6.63. The molecule has 7 heteroatoms. The number of β-amino-alcohol motifs (C(OH)–C–C–N with tert-alkyl or cyclic N) is 1. The summed E-state index contributed by atoms with van der Waals surface area (Å²) < 4.78 is 6.00. The van der Waals surface area contributed by atoms with E-state index in [4.69, 9.17) is 33.0 Å². The first kappa shape index (κ1) is 27.0. The number of hydrogen-bond donors (Lipinski definition) is 2. The van der Waals surface area contributed by atoms with Gasteiger partial charge in [0.2, 0.25) is 0 Å². The van der Waals surface area contributed by atoms with Crippen molar-refractivity contribution in [3.05, 3.63) is 68.7 Å². The largest absolute Gasteiger partial charge is 0.481 e. The molecule has 5 nitrogen and oxygen atoms in total. The summed E-state index contributed by atoms with van der Waals surface area (Å²) in [7, 11) is 0. The second-order valence-electron chi connectivity index (χ2n) is 9.11. The molecule has 1 fully saturated rings. The van der Waals surface area contributed by atoms with Crippen LogP contribution >= 0.6 is 23.2 Å². The summed E-state index contributed by atoms with van der Waals surface area (Å²) in [4.78, 5) is 13.4. The summed E-state index contributed by atoms with van der Waals surface area (Å²) in [6.45, 7) is 5.76. The Morgan fingerprint density at radius 1 is 1.24 bits per heavy atom. The maximum absolute atomic E-state index is 11.0. The van der Waals surface area contributed by atoms with Crippen LogP contribution in [0.5, 0.6) is 0 Å². The topological polar surface area (TPSA) is 70.0 Å². The standard InChI is InChI=1S/C27H35Cl2NO4/c1-3-20-14-19(9-11-25(20)28)15-21-6-5-13-30(21)16-22(31)17-34-18(2)23-7-4-8-26(29)24(23)10-12-27(32)33/h4,7-9,11,14,18,21-22,31H,3,5-6,10,12-13,15-17H2,1-2H3,(H,32,33)/t18-,21+,22-/m1/s1. The van der Waals surface area contributed by atoms with E-state index in [9.17, 15) is 9.90 Å². The van der Waals surface area contributed by atoms with Crippen LogP contribution in [-0.4, -0.2) is 52.9 Å². The zero-order valence-electron chi connectivity index (χ0n) is 20.0. The van der Waals surface area contributed by atoms with Gasteiger partial charge in [0.1, 0.15) is 0 Å². The van der Waals surface area contributed by atoms with Crippen molar-refractivity contribution in [3.63, 3.8) is 0 Å². The monoisotopic (exact) mass is 507 g/mol. The highest BCUT2D eigenvalue weighted by Gasteiger charge is 2.27. The average molecular weight is 508 g/mol. The lowest BCUT2D eigenvalue weighted by Crippen LogP contribution is -2.39. The minimum absolute atomic E-state index is 0.00972. The number of ether oxygens (including phenoxy) is 1. The number of carbonyl (C=O) groups is 1. The van der Waals surface area contributed by atoms with Gasteiger partial charge in [-0.1, -0.05) is 54.4 Å². The molecular formula is C27H35Cl2NO4. The molecule has 0 saturated carbocycles. The van der Waals surface area contributed by atoms with Crippen LogP contribution < -0.4 is 0 Å². The molecule has 1 heterocycles. The van der Waals surface area contributed by atoms with Gasteiger partial charge in [0, 0.05) is 29.1 Å². The Balaban J connectivity index is 1.55. The molecule has 0 spiro atoms. The summed E-state index contributed by atoms with van der Waals surface area (Å²) in [5.41, 5.74) is 4.12. The van der Waals surface area contributed by atoms with Gasteiger partial charge < -0.3 is 14.9 Å². The number of aliphatic carboxylic acids is 1. The number of rotatable bonds is 12. The molecule has 2 aromatic rings. The van der Waals surface area contributed by atoms with Gasteiger partial charge in [0.25, 0.3) is 0 Å². The Hall–Kier alpha value is -1.63. The fourth-order valence-corrected chi connectivity index (χ4v) is 5.31. The van der Waals surface area contributed by atoms with Crippen molar-refractivity contribution in [3.8, 4) is 0 Å². The van der Waals surface area contributed by atoms with Crippen LogP contribution in [0.25, 0.3) is 0 Å². The number of nitrogens with zero attached hydrogens (tertiary/aromatic N) is 1. The molecule has 0 amide bonds. The highest BCUT2D eigenvalue weighted by molar-refractivity contribution is 6.31. The summed E-state index contributed by atoms with van der Waals surface area (Å²) in [6.07, 6.45) is 3.55. The molecule has 186 valence electrons. The SMILES string of the molecule is CCc1cc(C[C@@H]2CCCN2C[C@@H](O)CO[C@H](C)c2cccc(Cl)c2CCC(=O)O)ccc1Cl. The van der Waals surface area contributed by atoms with Gasteiger partial charge in [-0.05, 0) is 80.0 Å². The minimum Gasteiger partial charge on any atom is -0.481 e. The van der Waals surface area contributed by atoms with Crippen molar-refractivity contribution in [1.82, 2.24) is 4.90 Å². The van der Waals surface area contributed by atoms with Crippen molar-refractivity contribution in [2.75, 3.05) is 19.7 Å². The number of hydrogen-bond acceptors (Lipinski definition) is 4. The van der Waals surface area contributed by atoms with E-state index in [1.165, 1.54) is 11.1 Å². The number of aliphatic hydroxyl groups is 1. The molecule has 0 aromatic heterocycles. The Kier molecular flexibility index (Phi) is 10.2. The molecular weight excluding hydrogens is 473 g/mol. The lowest BCUT2D eigenvalue weighted by molar-refractivity contribution is -0.136. The lowest BCUT2D eigenvalue weighted by Gasteiger charge is -2.28. The summed E-state index contributed by atoms with van der Waals surface area (Å²) in [5.74, 6) is -0.862. The van der Waals surface area contributed by atoms with Gasteiger partial charge in [-0.15, -0.1) is 0 Å². The molecule has 3 atom stereocenters. The molecule has 1 aliphatic heterocycles. The van der Waals surface area contributed by atoms with Crippen LogP contribution in [0.15, 0.2) is 36.4 Å². The Labute approximate surface area is 212 Å². The van der Waals surface area contributed by atoms with Crippen molar-refractivity contribution < 1.29 is 19.7 Å². The van der Waals surface area contributed by atoms with Crippen molar-refractivity contribution in [1.29, 1.82) is 0 Å². The maximum Gasteiger partial charge on any atom is 0.303 e. The third kappa shape index (κ3) is 7.43. The summed E-state index contributed by atoms with van der Waals surface area (Å²) in [5, 5.41) is 21.1. The summed E-state index contributed by atoms with van der Waals surface area (Å²) >= 11 is 12.6. The summed E-state index contributed by atoms with van der Waals surface area (Å²) in [6, 6.07) is 12.2. The molecule has 0 bridgehead atoms. The van der Waals surface area contributed by atoms with E-state index in [1.54, 1.807) is 6.07 Å². The molecule has 1 aliphatic rings. The van der Waals surface area contributed by atoms with E-state index < -0.39 is 12.1 Å². The fourth-order valence-electron chi connectivity index (χ4n) is 4.79. The van der Waals surface area contributed by atoms with Gasteiger partial charge >= 0.3 is 5.97 Å². The number of carboxylic acids is 1. The highest BCUT2D eigenvalue weighted by atomic mass is 35.5. The predicted octanol–water partition coefficient (Wildman–Crippen LogP) is 5.72. The van der Waals surface area contributed by atoms with Crippen molar-refractivity contribution in [2.45, 2.75) is 70.6 Å². The zero-order chi connectivity index (χ0) is 24.7. The van der Waals surface area contributed by atoms with Gasteiger partial charge in [0.05, 0.1) is 18.8 Å². The molecule has 3 rings (SSSR count). The van der Waals surface area contributed by atoms with Gasteiger partial charge in [0.15, 0.2) is 0 Å². The van der Waals surface area contributed by atoms with Crippen LogP contribution in [0.2, 0.25) is 10.0 Å². The molecule has 34 heavy (non-hydrogen) atoms. The smallest absolute Gasteiger partial charge is 0.303 e. The van der Waals surface area contributed by atoms with E-state index in [0.717, 1.165) is 48.4 Å². The predicted molar refractivity (Wildman–Crippen MR) is 137 cm³/mol. The molecule has 2 aromatic carbocycles. The third-order valence-corrected chi connectivity index (χ3v) is 7.35. The number of halogens is 2. The first-order chi connectivity index (χ1) is 16.3. The van der Waals surface area contributed by atoms with Crippen molar-refractivity contribution in [2.24, 2.45) is 0 Å². The number of likely N-dealkylation sites (tertiary alicyclic amines) is 1. The first-order valence-electron chi connectivity index (χ1n) is 12.1. The Morgan fingerprint density at radius 3 is 2.76 bits per heavy atom. The van der Waals surface area contributed by atoms with Crippen LogP contribution in [-0.2, 0) is 28.8 Å². The lowest BCUT2D eigenvalue weighted by atomic mass is 9.99. The second kappa shape index (κ2) is 12.9. The quantitative estimate of drug-likeness (QED) is 0.384. The molecule has 0 unspecified atom stereocenters. The minimum atomic E-state index is -0.862.